The number of hydrogen-bond donors (Lipinski definition) is 0. The smallest absolute Gasteiger partial charge is 0.269 e. The van der Waals surface area contributed by atoms with E-state index < -0.39 is 5.41 Å². The van der Waals surface area contributed by atoms with Crippen LogP contribution in [0, 0.1) is 6.33 Å². The molecule has 3 heterocycles. The van der Waals surface area contributed by atoms with Crippen molar-refractivity contribution in [2.45, 2.75) is 124 Å². The first-order chi connectivity index (χ1) is 38.2. The van der Waals surface area contributed by atoms with Crippen LogP contribution in [-0.4, -0.2) is 14.1 Å². The summed E-state index contributed by atoms with van der Waals surface area (Å²) in [5.74, 6) is 2.86. The van der Waals surface area contributed by atoms with Crippen LogP contribution in [0.2, 0.25) is 0 Å². The minimum atomic E-state index is -0.410. The van der Waals surface area contributed by atoms with E-state index in [1.165, 1.54) is 55.5 Å². The summed E-state index contributed by atoms with van der Waals surface area (Å²) in [5, 5.41) is 2.31. The molecule has 11 aromatic rings. The molecule has 8 aromatic carbocycles. The Kier molecular flexibility index (Phi) is 13.9. The summed E-state index contributed by atoms with van der Waals surface area (Å²) in [5.41, 5.74) is 16.5. The fraction of sp³-hybridized carbons (Fsp3) is 0.253. The van der Waals surface area contributed by atoms with Gasteiger partial charge in [0.15, 0.2) is 0 Å². The Labute approximate surface area is 475 Å². The van der Waals surface area contributed by atoms with Gasteiger partial charge in [-0.3, -0.25) is 13.7 Å². The van der Waals surface area contributed by atoms with Gasteiger partial charge in [-0.05, 0) is 134 Å². The summed E-state index contributed by atoms with van der Waals surface area (Å²) in [4.78, 5) is 4.99. The molecule has 0 N–H and O–H groups in total. The highest BCUT2D eigenvalue weighted by atomic mass is 16.5. The Morgan fingerprint density at radius 1 is 0.450 bits per heavy atom. The number of nitrogens with zero attached hydrogens (tertiary/aromatic N) is 4. The van der Waals surface area contributed by atoms with Crippen LogP contribution < -0.4 is 9.30 Å². The number of aromatic nitrogens is 4. The van der Waals surface area contributed by atoms with Crippen LogP contribution in [0.3, 0.4) is 0 Å². The maximum Gasteiger partial charge on any atom is 0.269 e. The molecule has 11 rings (SSSR count). The Bertz CT molecular complexity index is 3940. The molecule has 0 atom stereocenters. The van der Waals surface area contributed by atoms with Gasteiger partial charge in [0.1, 0.15) is 17.3 Å². The molecule has 5 heteroatoms. The van der Waals surface area contributed by atoms with E-state index in [2.05, 4.69) is 316 Å². The van der Waals surface area contributed by atoms with Gasteiger partial charge < -0.3 is 4.74 Å². The number of ether oxygens (including phenoxy) is 1. The summed E-state index contributed by atoms with van der Waals surface area (Å²) >= 11 is 0. The van der Waals surface area contributed by atoms with E-state index in [1.54, 1.807) is 0 Å². The molecule has 0 aliphatic rings. The Hall–Kier alpha value is -8.28. The first-order valence-electron chi connectivity index (χ1n) is 28.6. The van der Waals surface area contributed by atoms with Crippen LogP contribution in [0.1, 0.15) is 152 Å². The van der Waals surface area contributed by atoms with Crippen molar-refractivity contribution < 1.29 is 9.30 Å². The van der Waals surface area contributed by atoms with Crippen LogP contribution >= 0.6 is 0 Å². The van der Waals surface area contributed by atoms with Crippen molar-refractivity contribution >= 4 is 21.8 Å². The standard InChI is InChI=1S/C75H76N4O/c1-50(2)63-33-25-34-64(51(3)4)71(63)69-48-77(59-41-56(73(8,9)52-26-17-14-18-27-52)40-57(42-59)74(10,11)53-28-19-15-20-29-53)49-78(69)60-43-58(75(12,13)54-30-21-16-22-31-54)44-62(46-60)80-61-36-37-66-65-32-23-24-35-67(65)79(68(66)47-61)70-45-55(38-39-76-70)72(5,6)7/h14-48,50-51H,1-13H3. The molecule has 0 saturated carbocycles. The zero-order chi connectivity index (χ0) is 56.3. The number of rotatable bonds is 14. The molecule has 0 aliphatic heterocycles. The quantitative estimate of drug-likeness (QED) is 0.0804. The van der Waals surface area contributed by atoms with Gasteiger partial charge in [0.05, 0.1) is 28.1 Å². The zero-order valence-electron chi connectivity index (χ0n) is 49.1. The van der Waals surface area contributed by atoms with Gasteiger partial charge in [0, 0.05) is 45.5 Å². The topological polar surface area (TPSA) is 35.9 Å². The third-order valence-corrected chi connectivity index (χ3v) is 17.0. The van der Waals surface area contributed by atoms with Gasteiger partial charge in [-0.1, -0.05) is 223 Å². The van der Waals surface area contributed by atoms with Crippen molar-refractivity contribution in [3.05, 3.63) is 269 Å². The van der Waals surface area contributed by atoms with Gasteiger partial charge in [-0.25, -0.2) is 4.98 Å². The van der Waals surface area contributed by atoms with Crippen molar-refractivity contribution in [1.82, 2.24) is 14.1 Å². The first kappa shape index (κ1) is 53.7. The lowest BCUT2D eigenvalue weighted by Crippen LogP contribution is -2.31. The highest BCUT2D eigenvalue weighted by Gasteiger charge is 2.31. The number of fused-ring (bicyclic) bond motifs is 3. The van der Waals surface area contributed by atoms with Crippen molar-refractivity contribution in [2.75, 3.05) is 0 Å². The van der Waals surface area contributed by atoms with E-state index in [4.69, 9.17) is 9.72 Å². The molecule has 0 bridgehead atoms. The number of imidazole rings is 1. The Morgan fingerprint density at radius 2 is 0.975 bits per heavy atom. The van der Waals surface area contributed by atoms with Crippen LogP contribution in [0.15, 0.2) is 213 Å². The van der Waals surface area contributed by atoms with Gasteiger partial charge in [0.2, 0.25) is 0 Å². The molecule has 0 aliphatic carbocycles. The Balaban J connectivity index is 1.15. The third kappa shape index (κ3) is 9.97. The van der Waals surface area contributed by atoms with Gasteiger partial charge in [-0.2, -0.15) is 0 Å². The van der Waals surface area contributed by atoms with Crippen LogP contribution in [-0.2, 0) is 21.7 Å². The minimum Gasteiger partial charge on any atom is -0.458 e. The molecule has 0 radical (unpaired) electrons. The fourth-order valence-electron chi connectivity index (χ4n) is 11.8. The van der Waals surface area contributed by atoms with Gasteiger partial charge in [-0.15, -0.1) is 0 Å². The van der Waals surface area contributed by atoms with Crippen molar-refractivity contribution in [3.8, 4) is 39.9 Å². The molecule has 3 aromatic heterocycles. The van der Waals surface area contributed by atoms with Gasteiger partial charge >= 0.3 is 0 Å². The van der Waals surface area contributed by atoms with E-state index in [0.717, 1.165) is 56.4 Å². The van der Waals surface area contributed by atoms with Gasteiger partial charge in [0.25, 0.3) is 6.33 Å². The lowest BCUT2D eigenvalue weighted by molar-refractivity contribution is -0.599. The monoisotopic (exact) mass is 1050 g/mol. The predicted molar refractivity (Wildman–Crippen MR) is 333 cm³/mol. The molecule has 0 saturated heterocycles. The zero-order valence-corrected chi connectivity index (χ0v) is 49.1. The lowest BCUT2D eigenvalue weighted by Gasteiger charge is -2.32. The predicted octanol–water partition coefficient (Wildman–Crippen LogP) is 19.0. The average molecular weight is 1050 g/mol. The maximum absolute atomic E-state index is 7.27. The average Bonchev–Trinajstić information content (AvgIpc) is 4.06. The summed E-state index contributed by atoms with van der Waals surface area (Å²) in [6, 6.07) is 72.9. The molecule has 5 nitrogen and oxygen atoms in total. The molecule has 0 fully saturated rings. The summed E-state index contributed by atoms with van der Waals surface area (Å²) < 4.78 is 14.1. The molecular weight excluding hydrogens is 973 g/mol. The van der Waals surface area contributed by atoms with Crippen LogP contribution in [0.5, 0.6) is 11.5 Å². The largest absolute Gasteiger partial charge is 0.458 e. The second-order valence-electron chi connectivity index (χ2n) is 25.2. The first-order valence-corrected chi connectivity index (χ1v) is 28.6. The van der Waals surface area contributed by atoms with Crippen LogP contribution in [0.25, 0.3) is 50.3 Å². The molecule has 0 spiro atoms. The number of para-hydroxylation sites is 1. The molecular formula is C75H76N4O. The van der Waals surface area contributed by atoms with Crippen molar-refractivity contribution in [2.24, 2.45) is 0 Å². The van der Waals surface area contributed by atoms with E-state index in [0.29, 0.717) is 0 Å². The normalized spacial score (nSPS) is 12.5. The highest BCUT2D eigenvalue weighted by molar-refractivity contribution is 6.09. The number of benzene rings is 8. The van der Waals surface area contributed by atoms with E-state index in [1.807, 2.05) is 6.20 Å². The fourth-order valence-corrected chi connectivity index (χ4v) is 11.8. The SMILES string of the molecule is CC(C)c1cccc(C(C)C)c1-c1c[n+](-c2cc(C(C)(C)c3ccccc3)cc(C(C)(C)c3ccccc3)c2)[c-]n1-c1cc(Oc2ccc3c4ccccc4n(-c4cc(C(C)(C)C)ccn4)c3c2)cc(C(C)(C)c2ccccc2)c1. The number of hydrogen-bond acceptors (Lipinski definition) is 2. The minimum absolute atomic E-state index is 0.0456. The highest BCUT2D eigenvalue weighted by Crippen LogP contribution is 2.43. The van der Waals surface area contributed by atoms with Crippen molar-refractivity contribution in [3.63, 3.8) is 0 Å². The van der Waals surface area contributed by atoms with E-state index in [9.17, 15) is 0 Å². The Morgan fingerprint density at radius 3 is 1.52 bits per heavy atom. The maximum atomic E-state index is 7.27. The summed E-state index contributed by atoms with van der Waals surface area (Å²) in [6.45, 7) is 30.0. The second kappa shape index (κ2) is 20.7. The van der Waals surface area contributed by atoms with E-state index in [-0.39, 0.29) is 28.1 Å². The van der Waals surface area contributed by atoms with Crippen LogP contribution in [0.4, 0.5) is 0 Å². The third-order valence-electron chi connectivity index (χ3n) is 17.0. The number of pyridine rings is 1. The molecule has 0 unspecified atom stereocenters. The van der Waals surface area contributed by atoms with E-state index >= 15 is 0 Å². The molecule has 80 heavy (non-hydrogen) atoms. The van der Waals surface area contributed by atoms with Crippen molar-refractivity contribution in [1.29, 1.82) is 0 Å². The molecule has 402 valence electrons. The summed E-state index contributed by atoms with van der Waals surface area (Å²) in [7, 11) is 0. The molecule has 0 amide bonds. The second-order valence-corrected chi connectivity index (χ2v) is 25.2. The summed E-state index contributed by atoms with van der Waals surface area (Å²) in [6.07, 6.45) is 8.30. The lowest BCUT2D eigenvalue weighted by atomic mass is 9.73.